The molecule has 0 amide bonds. The molecule has 0 bridgehead atoms. The number of hydrogen-bond acceptors (Lipinski definition) is 7. The maximum atomic E-state index is 6.20. The van der Waals surface area contributed by atoms with Gasteiger partial charge in [-0.05, 0) is 148 Å². The third kappa shape index (κ3) is 9.42. The predicted molar refractivity (Wildman–Crippen MR) is 326 cm³/mol. The van der Waals surface area contributed by atoms with Gasteiger partial charge < -0.3 is 14.4 Å². The van der Waals surface area contributed by atoms with E-state index < -0.39 is 0 Å². The molecule has 0 spiro atoms. The number of fused-ring (bicyclic) bond motifs is 7. The summed E-state index contributed by atoms with van der Waals surface area (Å²) in [7, 11) is 0. The van der Waals surface area contributed by atoms with Crippen molar-refractivity contribution in [2.24, 2.45) is 5.41 Å². The van der Waals surface area contributed by atoms with E-state index in [-0.39, 0.29) is 22.5 Å². The van der Waals surface area contributed by atoms with Crippen LogP contribution in [-0.2, 0) is 33.1 Å². The monoisotopic (exact) mass is 1060 g/mol. The third-order valence-electron chi connectivity index (χ3n) is 16.4. The quantitative estimate of drug-likeness (QED) is 0.0849. The highest BCUT2D eigenvalue weighted by molar-refractivity contribution is 7.32. The number of nitrogens with zero attached hydrogens (tertiary/aromatic N) is 1. The van der Waals surface area contributed by atoms with Gasteiger partial charge in [0.25, 0.3) is 0 Å². The first-order chi connectivity index (χ1) is 36.3. The Morgan fingerprint density at radius 3 is 1.52 bits per heavy atom. The summed E-state index contributed by atoms with van der Waals surface area (Å²) in [5.41, 5.74) is 18.7. The Morgan fingerprint density at radius 2 is 0.947 bits per heavy atom. The van der Waals surface area contributed by atoms with E-state index in [0.29, 0.717) is 0 Å². The molecule has 0 saturated carbocycles. The molecule has 4 aromatic heterocycles. The van der Waals surface area contributed by atoms with Gasteiger partial charge in [-0.3, -0.25) is 0 Å². The van der Waals surface area contributed by atoms with Gasteiger partial charge in [0, 0.05) is 67.1 Å². The van der Waals surface area contributed by atoms with Gasteiger partial charge in [0.05, 0.1) is 18.1 Å². The van der Waals surface area contributed by atoms with Crippen LogP contribution in [0.15, 0.2) is 133 Å². The van der Waals surface area contributed by atoms with Crippen LogP contribution in [0.4, 0.5) is 17.1 Å². The highest BCUT2D eigenvalue weighted by Crippen LogP contribution is 2.54. The molecular weight excluding hydrogens is 991 g/mol. The summed E-state index contributed by atoms with van der Waals surface area (Å²) in [5.74, 6) is 0. The van der Waals surface area contributed by atoms with Crippen molar-refractivity contribution in [2.75, 3.05) is 18.1 Å². The van der Waals surface area contributed by atoms with Crippen LogP contribution in [0.5, 0.6) is 0 Å². The molecule has 1 saturated heterocycles. The van der Waals surface area contributed by atoms with E-state index >= 15 is 0 Å². The first-order valence-corrected chi connectivity index (χ1v) is 31.0. The fraction of sp³-hybridized carbons (Fsp3) is 0.353. The molecule has 0 radical (unpaired) electrons. The van der Waals surface area contributed by atoms with E-state index in [1.807, 2.05) is 45.3 Å². The number of benzene rings is 5. The molecular formula is C68H71NO2S4. The molecule has 2 aliphatic carbocycles. The summed E-state index contributed by atoms with van der Waals surface area (Å²) < 4.78 is 15.1. The minimum Gasteiger partial charge on any atom is -0.347 e. The summed E-state index contributed by atoms with van der Waals surface area (Å²) in [5, 5.41) is 0. The smallest absolute Gasteiger partial charge is 0.193 e. The molecule has 12 rings (SSSR count). The van der Waals surface area contributed by atoms with Crippen molar-refractivity contribution in [1.29, 1.82) is 0 Å². The summed E-state index contributed by atoms with van der Waals surface area (Å²) in [6.07, 6.45) is 12.0. The molecule has 75 heavy (non-hydrogen) atoms. The van der Waals surface area contributed by atoms with Crippen molar-refractivity contribution in [1.82, 2.24) is 0 Å². The first kappa shape index (κ1) is 50.7. The highest BCUT2D eigenvalue weighted by atomic mass is 32.1. The third-order valence-corrected chi connectivity index (χ3v) is 21.5. The Morgan fingerprint density at radius 1 is 0.453 bits per heavy atom. The zero-order valence-corrected chi connectivity index (χ0v) is 48.4. The molecule has 5 aromatic carbocycles. The van der Waals surface area contributed by atoms with Gasteiger partial charge in [-0.1, -0.05) is 167 Å². The van der Waals surface area contributed by atoms with Crippen molar-refractivity contribution in [3.05, 3.63) is 172 Å². The molecule has 3 aliphatic rings. The summed E-state index contributed by atoms with van der Waals surface area (Å²) in [6, 6.07) is 51.8. The Bertz CT molecular complexity index is 3390. The zero-order chi connectivity index (χ0) is 51.6. The number of rotatable bonds is 17. The normalized spacial score (nSPS) is 16.1. The number of aryl methyl sites for hydroxylation is 2. The van der Waals surface area contributed by atoms with Crippen LogP contribution in [0, 0.1) is 5.41 Å². The second kappa shape index (κ2) is 20.4. The Hall–Kier alpha value is -5.12. The average molecular weight is 1060 g/mol. The number of anilines is 3. The summed E-state index contributed by atoms with van der Waals surface area (Å²) in [6.45, 7) is 20.0. The highest BCUT2D eigenvalue weighted by Gasteiger charge is 2.38. The SMILES string of the molecule is CCCCCCc1cc(-c2sc(-c3cc4sc(C5OCC(C)(C)CO5)cc4s3)cc2CCCCCC)sc1-c1ccc(N(c2ccc3c(c2)C(C)(C)c2ccccc2-3)c2ccc3c(c2)C(C)(C)c2ccccc2-3)cc1. The van der Waals surface area contributed by atoms with Gasteiger partial charge in [-0.25, -0.2) is 0 Å². The van der Waals surface area contributed by atoms with Crippen LogP contribution >= 0.6 is 45.3 Å². The molecule has 0 atom stereocenters. The molecule has 9 aromatic rings. The first-order valence-electron chi connectivity index (χ1n) is 27.7. The second-order valence-corrected chi connectivity index (χ2v) is 27.6. The van der Waals surface area contributed by atoms with Gasteiger partial charge in [0.1, 0.15) is 0 Å². The van der Waals surface area contributed by atoms with Crippen LogP contribution in [0.3, 0.4) is 0 Å². The van der Waals surface area contributed by atoms with Crippen molar-refractivity contribution in [3.63, 3.8) is 0 Å². The van der Waals surface area contributed by atoms with Gasteiger partial charge >= 0.3 is 0 Å². The van der Waals surface area contributed by atoms with Crippen molar-refractivity contribution in [3.8, 4) is 52.2 Å². The Kier molecular flexibility index (Phi) is 13.8. The second-order valence-electron chi connectivity index (χ2n) is 23.3. The fourth-order valence-electron chi connectivity index (χ4n) is 12.2. The minimum absolute atomic E-state index is 0.0561. The van der Waals surface area contributed by atoms with E-state index in [2.05, 4.69) is 194 Å². The van der Waals surface area contributed by atoms with E-state index in [1.54, 1.807) is 0 Å². The molecule has 1 aliphatic heterocycles. The van der Waals surface area contributed by atoms with Gasteiger partial charge in [0.2, 0.25) is 0 Å². The van der Waals surface area contributed by atoms with Crippen LogP contribution in [0.2, 0.25) is 0 Å². The molecule has 0 N–H and O–H groups in total. The van der Waals surface area contributed by atoms with Crippen LogP contribution in [0.25, 0.3) is 61.6 Å². The van der Waals surface area contributed by atoms with Crippen LogP contribution < -0.4 is 4.90 Å². The van der Waals surface area contributed by atoms with Gasteiger partial charge in [-0.15, -0.1) is 45.3 Å². The van der Waals surface area contributed by atoms with Crippen molar-refractivity contribution < 1.29 is 9.47 Å². The molecule has 0 unspecified atom stereocenters. The fourth-order valence-corrected chi connectivity index (χ4v) is 17.3. The largest absolute Gasteiger partial charge is 0.347 e. The maximum Gasteiger partial charge on any atom is 0.193 e. The zero-order valence-electron chi connectivity index (χ0n) is 45.2. The van der Waals surface area contributed by atoms with Crippen molar-refractivity contribution >= 4 is 71.8 Å². The van der Waals surface area contributed by atoms with E-state index in [4.69, 9.17) is 9.47 Å². The lowest BCUT2D eigenvalue weighted by Gasteiger charge is -2.34. The lowest BCUT2D eigenvalue weighted by atomic mass is 9.82. The predicted octanol–water partition coefficient (Wildman–Crippen LogP) is 21.5. The number of ether oxygens (including phenoxy) is 2. The van der Waals surface area contributed by atoms with E-state index in [0.717, 1.165) is 26.1 Å². The Balaban J connectivity index is 0.914. The molecule has 7 heteroatoms. The lowest BCUT2D eigenvalue weighted by molar-refractivity contribution is -0.224. The molecule has 3 nitrogen and oxygen atoms in total. The standard InChI is InChI=1S/C68H71NO2S4/c1-9-11-13-15-21-44-36-61(64-45(22-16-14-12-10-2)35-57(74-64)58-39-59-60(72-58)40-62(73-59)65-70-41-66(3,4)42-71-65)75-63(44)43-27-29-46(30-28-43)69(47-31-33-51-49-23-17-19-25-53(49)67(5,6)55(51)37-47)48-32-34-52-50-24-18-20-26-54(50)68(7,8)56(52)38-48/h17-20,23-40,65H,9-16,21-22,41-42H2,1-8H3. The van der Waals surface area contributed by atoms with E-state index in [9.17, 15) is 0 Å². The summed E-state index contributed by atoms with van der Waals surface area (Å²) in [4.78, 5) is 10.7. The Labute approximate surface area is 462 Å². The molecule has 384 valence electrons. The molecule has 1 fully saturated rings. The van der Waals surface area contributed by atoms with Gasteiger partial charge in [0.15, 0.2) is 6.29 Å². The average Bonchev–Trinajstić information content (AvgIpc) is 4.29. The van der Waals surface area contributed by atoms with E-state index in [1.165, 1.54) is 168 Å². The topological polar surface area (TPSA) is 21.7 Å². The molecule has 5 heterocycles. The van der Waals surface area contributed by atoms with Crippen LogP contribution in [0.1, 0.15) is 151 Å². The maximum absolute atomic E-state index is 6.20. The minimum atomic E-state index is -0.263. The lowest BCUT2D eigenvalue weighted by Crippen LogP contribution is -2.33. The number of unbranched alkanes of at least 4 members (excludes halogenated alkanes) is 6. The van der Waals surface area contributed by atoms with Crippen LogP contribution in [-0.4, -0.2) is 13.2 Å². The van der Waals surface area contributed by atoms with Crippen molar-refractivity contribution in [2.45, 2.75) is 137 Å². The summed E-state index contributed by atoms with van der Waals surface area (Å²) >= 11 is 7.77. The number of hydrogen-bond donors (Lipinski definition) is 0. The van der Waals surface area contributed by atoms with Gasteiger partial charge in [-0.2, -0.15) is 0 Å². The number of thiophene rings is 4.